The molecule has 4 heteroatoms. The van der Waals surface area contributed by atoms with Gasteiger partial charge in [0.05, 0.1) is 10.6 Å². The number of piperidine rings is 1. The van der Waals surface area contributed by atoms with Crippen LogP contribution in [0.1, 0.15) is 23.2 Å². The number of nitrogens with zero attached hydrogens (tertiary/aromatic N) is 1. The molecular weight excluding hydrogens is 302 g/mol. The fourth-order valence-corrected chi connectivity index (χ4v) is 2.93. The van der Waals surface area contributed by atoms with Crippen molar-refractivity contribution in [1.29, 1.82) is 0 Å². The second kappa shape index (κ2) is 5.87. The van der Waals surface area contributed by atoms with E-state index in [9.17, 15) is 4.79 Å². The highest BCUT2D eigenvalue weighted by molar-refractivity contribution is 9.09. The first-order chi connectivity index (χ1) is 8.22. The van der Waals surface area contributed by atoms with Crippen molar-refractivity contribution in [1.82, 2.24) is 4.90 Å². The van der Waals surface area contributed by atoms with Gasteiger partial charge in [0.1, 0.15) is 0 Å². The average Bonchev–Trinajstić information content (AvgIpc) is 2.38. The van der Waals surface area contributed by atoms with Gasteiger partial charge in [-0.3, -0.25) is 4.79 Å². The van der Waals surface area contributed by atoms with Crippen molar-refractivity contribution in [3.8, 4) is 0 Å². The smallest absolute Gasteiger partial charge is 0.255 e. The van der Waals surface area contributed by atoms with Crippen LogP contribution in [0.5, 0.6) is 0 Å². The van der Waals surface area contributed by atoms with Crippen molar-refractivity contribution < 1.29 is 4.79 Å². The van der Waals surface area contributed by atoms with Crippen molar-refractivity contribution in [2.24, 2.45) is 5.92 Å². The first kappa shape index (κ1) is 12.9. The Labute approximate surface area is 115 Å². The summed E-state index contributed by atoms with van der Waals surface area (Å²) in [7, 11) is 0. The summed E-state index contributed by atoms with van der Waals surface area (Å²) in [5.41, 5.74) is 0.615. The van der Waals surface area contributed by atoms with E-state index in [2.05, 4.69) is 15.9 Å². The summed E-state index contributed by atoms with van der Waals surface area (Å²) in [6, 6.07) is 7.25. The Balaban J connectivity index is 2.12. The Morgan fingerprint density at radius 2 is 2.24 bits per heavy atom. The van der Waals surface area contributed by atoms with E-state index >= 15 is 0 Å². The van der Waals surface area contributed by atoms with Gasteiger partial charge in [0.15, 0.2) is 0 Å². The Morgan fingerprint density at radius 3 is 2.94 bits per heavy atom. The van der Waals surface area contributed by atoms with Crippen LogP contribution in [0.3, 0.4) is 0 Å². The number of likely N-dealkylation sites (tertiary alicyclic amines) is 1. The zero-order valence-electron chi connectivity index (χ0n) is 9.53. The second-order valence-corrected chi connectivity index (χ2v) is 5.45. The minimum atomic E-state index is 0.0567. The van der Waals surface area contributed by atoms with E-state index in [-0.39, 0.29) is 5.91 Å². The number of rotatable bonds is 2. The van der Waals surface area contributed by atoms with Crippen LogP contribution in [0.25, 0.3) is 0 Å². The number of carbonyl (C=O) groups excluding carboxylic acids is 1. The standard InChI is InChI=1S/C13H15BrClNO/c14-8-10-4-3-7-16(9-10)13(17)11-5-1-2-6-12(11)15/h1-2,5-6,10H,3-4,7-9H2. The molecule has 92 valence electrons. The summed E-state index contributed by atoms with van der Waals surface area (Å²) < 4.78 is 0. The van der Waals surface area contributed by atoms with E-state index in [4.69, 9.17) is 11.6 Å². The Morgan fingerprint density at radius 1 is 1.47 bits per heavy atom. The topological polar surface area (TPSA) is 20.3 Å². The predicted molar refractivity (Wildman–Crippen MR) is 73.9 cm³/mol. The van der Waals surface area contributed by atoms with E-state index in [1.807, 2.05) is 17.0 Å². The molecule has 0 radical (unpaired) electrons. The molecule has 2 nitrogen and oxygen atoms in total. The molecule has 0 bridgehead atoms. The monoisotopic (exact) mass is 315 g/mol. The van der Waals surface area contributed by atoms with Crippen molar-refractivity contribution in [2.45, 2.75) is 12.8 Å². The van der Waals surface area contributed by atoms with Gasteiger partial charge >= 0.3 is 0 Å². The van der Waals surface area contributed by atoms with Crippen LogP contribution < -0.4 is 0 Å². The molecule has 1 unspecified atom stereocenters. The van der Waals surface area contributed by atoms with Gasteiger partial charge in [0.2, 0.25) is 0 Å². The number of hydrogen-bond donors (Lipinski definition) is 0. The van der Waals surface area contributed by atoms with Gasteiger partial charge in [0.25, 0.3) is 5.91 Å². The SMILES string of the molecule is O=C(c1ccccc1Cl)N1CCCC(CBr)C1. The average molecular weight is 317 g/mol. The number of hydrogen-bond acceptors (Lipinski definition) is 1. The maximum Gasteiger partial charge on any atom is 0.255 e. The van der Waals surface area contributed by atoms with Crippen molar-refractivity contribution in [3.05, 3.63) is 34.9 Å². The molecule has 1 aromatic carbocycles. The summed E-state index contributed by atoms with van der Waals surface area (Å²) in [6.45, 7) is 1.67. The Bertz CT molecular complexity index is 410. The van der Waals surface area contributed by atoms with Crippen LogP contribution in [0, 0.1) is 5.92 Å². The lowest BCUT2D eigenvalue weighted by atomic mass is 9.99. The van der Waals surface area contributed by atoms with E-state index in [1.165, 1.54) is 6.42 Å². The lowest BCUT2D eigenvalue weighted by molar-refractivity contribution is 0.0686. The number of benzene rings is 1. The molecule has 0 aliphatic carbocycles. The van der Waals surface area contributed by atoms with Crippen molar-refractivity contribution in [2.75, 3.05) is 18.4 Å². The fourth-order valence-electron chi connectivity index (χ4n) is 2.18. The van der Waals surface area contributed by atoms with Gasteiger partial charge in [-0.05, 0) is 30.9 Å². The zero-order valence-corrected chi connectivity index (χ0v) is 11.9. The maximum absolute atomic E-state index is 12.3. The Hall–Kier alpha value is -0.540. The summed E-state index contributed by atoms with van der Waals surface area (Å²) in [6.07, 6.45) is 2.27. The van der Waals surface area contributed by atoms with Crippen molar-refractivity contribution in [3.63, 3.8) is 0 Å². The number of halogens is 2. The highest BCUT2D eigenvalue weighted by Crippen LogP contribution is 2.22. The lowest BCUT2D eigenvalue weighted by Gasteiger charge is -2.32. The third-order valence-corrected chi connectivity index (χ3v) is 4.37. The van der Waals surface area contributed by atoms with E-state index in [0.717, 1.165) is 24.8 Å². The van der Waals surface area contributed by atoms with Crippen LogP contribution in [0.2, 0.25) is 5.02 Å². The summed E-state index contributed by atoms with van der Waals surface area (Å²) >= 11 is 9.55. The van der Waals surface area contributed by atoms with E-state index < -0.39 is 0 Å². The molecule has 2 rings (SSSR count). The molecule has 0 N–H and O–H groups in total. The lowest BCUT2D eigenvalue weighted by Crippen LogP contribution is -2.40. The first-order valence-corrected chi connectivity index (χ1v) is 7.32. The number of carbonyl (C=O) groups is 1. The molecule has 1 aliphatic rings. The van der Waals surface area contributed by atoms with Crippen LogP contribution >= 0.6 is 27.5 Å². The summed E-state index contributed by atoms with van der Waals surface area (Å²) in [5, 5.41) is 1.50. The Kier molecular flexibility index (Phi) is 4.46. The molecule has 1 aliphatic heterocycles. The van der Waals surface area contributed by atoms with Crippen LogP contribution in [0.4, 0.5) is 0 Å². The molecule has 1 atom stereocenters. The zero-order chi connectivity index (χ0) is 12.3. The quantitative estimate of drug-likeness (QED) is 0.764. The second-order valence-electron chi connectivity index (χ2n) is 4.39. The highest BCUT2D eigenvalue weighted by Gasteiger charge is 2.24. The molecule has 1 fully saturated rings. The molecule has 0 aromatic heterocycles. The van der Waals surface area contributed by atoms with Gasteiger partial charge in [-0.2, -0.15) is 0 Å². The molecule has 1 amide bonds. The van der Waals surface area contributed by atoms with E-state index in [0.29, 0.717) is 16.5 Å². The van der Waals surface area contributed by atoms with Gasteiger partial charge in [-0.25, -0.2) is 0 Å². The predicted octanol–water partition coefficient (Wildman–Crippen LogP) is 3.59. The molecule has 17 heavy (non-hydrogen) atoms. The van der Waals surface area contributed by atoms with Crippen LogP contribution in [-0.2, 0) is 0 Å². The fraction of sp³-hybridized carbons (Fsp3) is 0.462. The number of alkyl halides is 1. The maximum atomic E-state index is 12.3. The van der Waals surface area contributed by atoms with Crippen LogP contribution in [-0.4, -0.2) is 29.2 Å². The molecular formula is C13H15BrClNO. The normalized spacial score (nSPS) is 20.4. The number of amides is 1. The molecule has 1 heterocycles. The largest absolute Gasteiger partial charge is 0.338 e. The third-order valence-electron chi connectivity index (χ3n) is 3.13. The van der Waals surface area contributed by atoms with Crippen molar-refractivity contribution >= 4 is 33.4 Å². The summed E-state index contributed by atoms with van der Waals surface area (Å²) in [5.74, 6) is 0.622. The third kappa shape index (κ3) is 3.02. The minimum Gasteiger partial charge on any atom is -0.338 e. The van der Waals surface area contributed by atoms with Gasteiger partial charge in [-0.1, -0.05) is 39.7 Å². The van der Waals surface area contributed by atoms with Gasteiger partial charge in [0, 0.05) is 18.4 Å². The molecule has 0 saturated carbocycles. The first-order valence-electron chi connectivity index (χ1n) is 5.82. The molecule has 1 aromatic rings. The highest BCUT2D eigenvalue weighted by atomic mass is 79.9. The molecule has 1 saturated heterocycles. The van der Waals surface area contributed by atoms with E-state index in [1.54, 1.807) is 12.1 Å². The minimum absolute atomic E-state index is 0.0567. The summed E-state index contributed by atoms with van der Waals surface area (Å²) in [4.78, 5) is 14.2. The van der Waals surface area contributed by atoms with Gasteiger partial charge < -0.3 is 4.90 Å². The van der Waals surface area contributed by atoms with Crippen LogP contribution in [0.15, 0.2) is 24.3 Å². The van der Waals surface area contributed by atoms with Gasteiger partial charge in [-0.15, -0.1) is 0 Å². The molecule has 0 spiro atoms.